The van der Waals surface area contributed by atoms with Crippen LogP contribution in [0.5, 0.6) is 0 Å². The van der Waals surface area contributed by atoms with Gasteiger partial charge in [0, 0.05) is 0 Å². The molecule has 1 aromatic rings. The topological polar surface area (TPSA) is 37.3 Å². The molecule has 2 heteroatoms. The maximum atomic E-state index is 10.8. The van der Waals surface area contributed by atoms with E-state index in [0.29, 0.717) is 0 Å². The third-order valence-corrected chi connectivity index (χ3v) is 3.33. The van der Waals surface area contributed by atoms with Crippen LogP contribution in [-0.4, -0.2) is 11.1 Å². The molecule has 0 aromatic heterocycles. The van der Waals surface area contributed by atoms with E-state index in [4.69, 9.17) is 5.11 Å². The van der Waals surface area contributed by atoms with Crippen molar-refractivity contribution in [2.24, 2.45) is 5.92 Å². The molecule has 1 N–H and O–H groups in total. The van der Waals surface area contributed by atoms with Gasteiger partial charge in [-0.2, -0.15) is 0 Å². The van der Waals surface area contributed by atoms with E-state index in [1.807, 2.05) is 0 Å². The van der Waals surface area contributed by atoms with E-state index < -0.39 is 5.97 Å². The molecular formula is C14H18O2. The summed E-state index contributed by atoms with van der Waals surface area (Å²) in [4.78, 5) is 10.8. The molecule has 0 amide bonds. The highest BCUT2D eigenvalue weighted by Crippen LogP contribution is 2.47. The number of hydrogen-bond acceptors (Lipinski definition) is 1. The molecule has 0 spiro atoms. The Balaban J connectivity index is 1.95. The van der Waals surface area contributed by atoms with Crippen molar-refractivity contribution in [3.8, 4) is 0 Å². The lowest BCUT2D eigenvalue weighted by Gasteiger charge is -2.02. The fourth-order valence-electron chi connectivity index (χ4n) is 2.15. The molecule has 0 saturated heterocycles. The van der Waals surface area contributed by atoms with Gasteiger partial charge < -0.3 is 5.11 Å². The minimum atomic E-state index is -0.653. The largest absolute Gasteiger partial charge is 0.481 e. The number of rotatable bonds is 5. The van der Waals surface area contributed by atoms with Crippen LogP contribution in [0.15, 0.2) is 24.3 Å². The summed E-state index contributed by atoms with van der Waals surface area (Å²) in [6.07, 6.45) is 4.37. The Hall–Kier alpha value is -1.31. The molecule has 0 aliphatic heterocycles. The Kier molecular flexibility index (Phi) is 3.28. The first kappa shape index (κ1) is 11.2. The lowest BCUT2D eigenvalue weighted by atomic mass is 10.0. The van der Waals surface area contributed by atoms with Crippen molar-refractivity contribution in [1.29, 1.82) is 0 Å². The minimum absolute atomic E-state index is 0.138. The van der Waals surface area contributed by atoms with E-state index in [9.17, 15) is 4.79 Å². The molecule has 1 fully saturated rings. The van der Waals surface area contributed by atoms with E-state index >= 15 is 0 Å². The van der Waals surface area contributed by atoms with Gasteiger partial charge in [0.05, 0.1) is 5.92 Å². The van der Waals surface area contributed by atoms with Crippen molar-refractivity contribution in [1.82, 2.24) is 0 Å². The monoisotopic (exact) mass is 218 g/mol. The van der Waals surface area contributed by atoms with Crippen molar-refractivity contribution in [2.75, 3.05) is 0 Å². The number of aliphatic carboxylic acids is 1. The zero-order chi connectivity index (χ0) is 11.5. The molecular weight excluding hydrogens is 200 g/mol. The van der Waals surface area contributed by atoms with Crippen LogP contribution >= 0.6 is 0 Å². The summed E-state index contributed by atoms with van der Waals surface area (Å²) in [5, 5.41) is 8.86. The minimum Gasteiger partial charge on any atom is -0.481 e. The molecule has 1 aliphatic carbocycles. The Bertz CT molecular complexity index is 367. The maximum absolute atomic E-state index is 10.8. The van der Waals surface area contributed by atoms with Crippen LogP contribution < -0.4 is 0 Å². The molecule has 1 saturated carbocycles. The molecule has 1 aliphatic rings. The van der Waals surface area contributed by atoms with Crippen molar-refractivity contribution in [3.05, 3.63) is 35.4 Å². The van der Waals surface area contributed by atoms with Crippen LogP contribution in [0.1, 0.15) is 43.2 Å². The summed E-state index contributed by atoms with van der Waals surface area (Å²) in [7, 11) is 0. The van der Waals surface area contributed by atoms with E-state index in [1.54, 1.807) is 0 Å². The van der Waals surface area contributed by atoms with Crippen LogP contribution in [0.4, 0.5) is 0 Å². The van der Waals surface area contributed by atoms with E-state index in [2.05, 4.69) is 31.2 Å². The predicted octanol–water partition coefficient (Wildman–Crippen LogP) is 3.22. The first-order chi connectivity index (χ1) is 7.72. The summed E-state index contributed by atoms with van der Waals surface area (Å²) in [6, 6.07) is 8.47. The van der Waals surface area contributed by atoms with Crippen LogP contribution in [-0.2, 0) is 11.2 Å². The number of hydrogen-bond donors (Lipinski definition) is 1. The number of unbranched alkanes of at least 4 members (excludes halogenated alkanes) is 1. The molecule has 2 atom stereocenters. The van der Waals surface area contributed by atoms with Gasteiger partial charge in [0.1, 0.15) is 0 Å². The summed E-state index contributed by atoms with van der Waals surface area (Å²) >= 11 is 0. The van der Waals surface area contributed by atoms with E-state index in [1.165, 1.54) is 24.0 Å². The highest BCUT2D eigenvalue weighted by Gasteiger charge is 2.43. The number of carboxylic acid groups (broad SMARTS) is 1. The van der Waals surface area contributed by atoms with Crippen molar-refractivity contribution in [2.45, 2.75) is 38.5 Å². The van der Waals surface area contributed by atoms with E-state index in [0.717, 1.165) is 12.8 Å². The summed E-state index contributed by atoms with van der Waals surface area (Å²) in [5.74, 6) is -0.528. The predicted molar refractivity (Wildman–Crippen MR) is 63.5 cm³/mol. The number of carbonyl (C=O) groups is 1. The first-order valence-corrected chi connectivity index (χ1v) is 6.04. The van der Waals surface area contributed by atoms with Gasteiger partial charge in [0.25, 0.3) is 0 Å². The first-order valence-electron chi connectivity index (χ1n) is 6.04. The van der Waals surface area contributed by atoms with Crippen molar-refractivity contribution >= 4 is 5.97 Å². The molecule has 2 nitrogen and oxygen atoms in total. The van der Waals surface area contributed by atoms with Crippen LogP contribution in [0.3, 0.4) is 0 Å². The Morgan fingerprint density at radius 1 is 1.38 bits per heavy atom. The molecule has 2 rings (SSSR count). The number of aryl methyl sites for hydroxylation is 1. The molecule has 86 valence electrons. The molecule has 0 bridgehead atoms. The van der Waals surface area contributed by atoms with Gasteiger partial charge in [0.15, 0.2) is 0 Å². The number of benzene rings is 1. The van der Waals surface area contributed by atoms with Gasteiger partial charge in [0.2, 0.25) is 0 Å². The zero-order valence-electron chi connectivity index (χ0n) is 9.65. The Morgan fingerprint density at radius 2 is 2.06 bits per heavy atom. The van der Waals surface area contributed by atoms with Gasteiger partial charge in [-0.3, -0.25) is 4.79 Å². The van der Waals surface area contributed by atoms with Gasteiger partial charge in [-0.15, -0.1) is 0 Å². The highest BCUT2D eigenvalue weighted by molar-refractivity contribution is 5.75. The van der Waals surface area contributed by atoms with Crippen LogP contribution in [0.2, 0.25) is 0 Å². The van der Waals surface area contributed by atoms with Crippen LogP contribution in [0.25, 0.3) is 0 Å². The average molecular weight is 218 g/mol. The summed E-state index contributed by atoms with van der Waals surface area (Å²) < 4.78 is 0. The van der Waals surface area contributed by atoms with Gasteiger partial charge >= 0.3 is 5.97 Å². The highest BCUT2D eigenvalue weighted by atomic mass is 16.4. The quantitative estimate of drug-likeness (QED) is 0.824. The average Bonchev–Trinajstić information content (AvgIpc) is 3.07. The second-order valence-corrected chi connectivity index (χ2v) is 4.63. The summed E-state index contributed by atoms with van der Waals surface area (Å²) in [6.45, 7) is 2.19. The van der Waals surface area contributed by atoms with E-state index in [-0.39, 0.29) is 11.8 Å². The molecule has 0 heterocycles. The third-order valence-electron chi connectivity index (χ3n) is 3.33. The summed E-state index contributed by atoms with van der Waals surface area (Å²) in [5.41, 5.74) is 2.55. The molecule has 16 heavy (non-hydrogen) atoms. The molecule has 1 aromatic carbocycles. The maximum Gasteiger partial charge on any atom is 0.307 e. The Labute approximate surface area is 96.3 Å². The normalized spacial score (nSPS) is 23.1. The second kappa shape index (κ2) is 4.69. The van der Waals surface area contributed by atoms with Crippen LogP contribution in [0, 0.1) is 5.92 Å². The smallest absolute Gasteiger partial charge is 0.307 e. The Morgan fingerprint density at radius 3 is 2.56 bits per heavy atom. The molecule has 0 unspecified atom stereocenters. The fraction of sp³-hybridized carbons (Fsp3) is 0.500. The SMILES string of the molecule is CCCCc1ccc([C@@H]2C[C@@H]2C(=O)O)cc1. The van der Waals surface area contributed by atoms with Crippen molar-refractivity contribution < 1.29 is 9.90 Å². The zero-order valence-corrected chi connectivity index (χ0v) is 9.65. The fourth-order valence-corrected chi connectivity index (χ4v) is 2.15. The van der Waals surface area contributed by atoms with Gasteiger partial charge in [-0.05, 0) is 36.3 Å². The lowest BCUT2D eigenvalue weighted by molar-refractivity contribution is -0.138. The number of carboxylic acids is 1. The standard InChI is InChI=1S/C14H18O2/c1-2-3-4-10-5-7-11(8-6-10)12-9-13(12)14(15)16/h5-8,12-13H,2-4,9H2,1H3,(H,15,16)/t12-,13-/m0/s1. The lowest BCUT2D eigenvalue weighted by Crippen LogP contribution is -1.98. The third kappa shape index (κ3) is 2.43. The van der Waals surface area contributed by atoms with Crippen molar-refractivity contribution in [3.63, 3.8) is 0 Å². The van der Waals surface area contributed by atoms with Gasteiger partial charge in [-0.25, -0.2) is 0 Å². The molecule has 0 radical (unpaired) electrons. The van der Waals surface area contributed by atoms with Gasteiger partial charge in [-0.1, -0.05) is 37.6 Å². The second-order valence-electron chi connectivity index (χ2n) is 4.63.